The van der Waals surface area contributed by atoms with Gasteiger partial charge in [0, 0.05) is 16.8 Å². The maximum absolute atomic E-state index is 3.95. The molecule has 2 atom stereocenters. The standard InChI is InChI=1S/C13H19NS/c1-3-12(14-4-2)10-6-5-7-13-11(10)8-9-15-13/h3,8-10,12,14H,1,4-7H2,2H3. The third-order valence-electron chi connectivity index (χ3n) is 3.23. The van der Waals surface area contributed by atoms with Gasteiger partial charge in [-0.1, -0.05) is 13.0 Å². The van der Waals surface area contributed by atoms with Crippen molar-refractivity contribution in [3.05, 3.63) is 34.5 Å². The number of likely N-dealkylation sites (N-methyl/N-ethyl adjacent to an activating group) is 1. The highest BCUT2D eigenvalue weighted by Crippen LogP contribution is 2.37. The normalized spacial score (nSPS) is 22.1. The summed E-state index contributed by atoms with van der Waals surface area (Å²) >= 11 is 1.91. The first-order valence-corrected chi connectivity index (χ1v) is 6.67. The Balaban J connectivity index is 2.20. The lowest BCUT2D eigenvalue weighted by molar-refractivity contribution is 0.455. The first-order chi connectivity index (χ1) is 7.36. The first-order valence-electron chi connectivity index (χ1n) is 5.79. The summed E-state index contributed by atoms with van der Waals surface area (Å²) in [7, 11) is 0. The van der Waals surface area contributed by atoms with Crippen molar-refractivity contribution in [3.63, 3.8) is 0 Å². The molecule has 0 amide bonds. The van der Waals surface area contributed by atoms with Gasteiger partial charge in [0.2, 0.25) is 0 Å². The van der Waals surface area contributed by atoms with Crippen LogP contribution in [0.5, 0.6) is 0 Å². The van der Waals surface area contributed by atoms with Gasteiger partial charge in [0.05, 0.1) is 0 Å². The molecule has 15 heavy (non-hydrogen) atoms. The van der Waals surface area contributed by atoms with Crippen molar-refractivity contribution >= 4 is 11.3 Å². The van der Waals surface area contributed by atoms with Gasteiger partial charge >= 0.3 is 0 Å². The molecule has 0 bridgehead atoms. The van der Waals surface area contributed by atoms with Gasteiger partial charge in [-0.25, -0.2) is 0 Å². The fourth-order valence-electron chi connectivity index (χ4n) is 2.52. The minimum atomic E-state index is 0.448. The summed E-state index contributed by atoms with van der Waals surface area (Å²) in [4.78, 5) is 1.59. The number of rotatable bonds is 4. The molecule has 0 saturated carbocycles. The van der Waals surface area contributed by atoms with E-state index in [1.807, 2.05) is 11.3 Å². The van der Waals surface area contributed by atoms with Gasteiger partial charge in [0.1, 0.15) is 0 Å². The molecular formula is C13H19NS. The second-order valence-electron chi connectivity index (χ2n) is 4.12. The Morgan fingerprint density at radius 3 is 3.33 bits per heavy atom. The van der Waals surface area contributed by atoms with E-state index in [1.54, 1.807) is 10.4 Å². The van der Waals surface area contributed by atoms with Crippen LogP contribution in [0.3, 0.4) is 0 Å². The van der Waals surface area contributed by atoms with Crippen molar-refractivity contribution in [1.82, 2.24) is 5.32 Å². The zero-order valence-electron chi connectivity index (χ0n) is 9.33. The molecule has 1 nitrogen and oxygen atoms in total. The average molecular weight is 221 g/mol. The van der Waals surface area contributed by atoms with E-state index in [0.717, 1.165) is 6.54 Å². The van der Waals surface area contributed by atoms with E-state index < -0.39 is 0 Å². The van der Waals surface area contributed by atoms with Crippen molar-refractivity contribution in [3.8, 4) is 0 Å². The van der Waals surface area contributed by atoms with Crippen molar-refractivity contribution in [1.29, 1.82) is 0 Å². The van der Waals surface area contributed by atoms with Gasteiger partial charge < -0.3 is 5.32 Å². The Morgan fingerprint density at radius 1 is 1.73 bits per heavy atom. The van der Waals surface area contributed by atoms with E-state index in [2.05, 4.69) is 36.3 Å². The van der Waals surface area contributed by atoms with Gasteiger partial charge in [0.15, 0.2) is 0 Å². The SMILES string of the molecule is C=CC(NCC)C1CCCc2sccc21. The van der Waals surface area contributed by atoms with Crippen molar-refractivity contribution < 1.29 is 0 Å². The van der Waals surface area contributed by atoms with Gasteiger partial charge in [-0.3, -0.25) is 0 Å². The minimum absolute atomic E-state index is 0.448. The highest BCUT2D eigenvalue weighted by atomic mass is 32.1. The van der Waals surface area contributed by atoms with Gasteiger partial charge in [-0.05, 0) is 42.8 Å². The van der Waals surface area contributed by atoms with Crippen LogP contribution in [-0.4, -0.2) is 12.6 Å². The van der Waals surface area contributed by atoms with Gasteiger partial charge in [0.25, 0.3) is 0 Å². The van der Waals surface area contributed by atoms with E-state index in [-0.39, 0.29) is 0 Å². The van der Waals surface area contributed by atoms with Crippen LogP contribution in [0.25, 0.3) is 0 Å². The molecule has 1 aromatic rings. The molecular weight excluding hydrogens is 202 g/mol. The Bertz CT molecular complexity index is 329. The molecule has 2 rings (SSSR count). The maximum Gasteiger partial charge on any atom is 0.0316 e. The number of thiophene rings is 1. The van der Waals surface area contributed by atoms with Crippen LogP contribution < -0.4 is 5.32 Å². The summed E-state index contributed by atoms with van der Waals surface area (Å²) in [6.45, 7) is 7.13. The summed E-state index contributed by atoms with van der Waals surface area (Å²) in [6.07, 6.45) is 5.97. The molecule has 0 fully saturated rings. The van der Waals surface area contributed by atoms with Crippen molar-refractivity contribution in [2.75, 3.05) is 6.54 Å². The molecule has 1 heterocycles. The van der Waals surface area contributed by atoms with E-state index >= 15 is 0 Å². The number of aryl methyl sites for hydroxylation is 1. The smallest absolute Gasteiger partial charge is 0.0316 e. The fraction of sp³-hybridized carbons (Fsp3) is 0.538. The summed E-state index contributed by atoms with van der Waals surface area (Å²) in [5.41, 5.74) is 1.57. The molecule has 2 unspecified atom stereocenters. The maximum atomic E-state index is 3.95. The van der Waals surface area contributed by atoms with Crippen LogP contribution in [0.1, 0.15) is 36.1 Å². The number of nitrogens with one attached hydrogen (secondary N) is 1. The molecule has 1 N–H and O–H groups in total. The fourth-order valence-corrected chi connectivity index (χ4v) is 3.52. The lowest BCUT2D eigenvalue weighted by Gasteiger charge is -2.29. The van der Waals surface area contributed by atoms with E-state index in [9.17, 15) is 0 Å². The first kappa shape index (κ1) is 10.9. The van der Waals surface area contributed by atoms with Crippen LogP contribution in [-0.2, 0) is 6.42 Å². The largest absolute Gasteiger partial charge is 0.310 e. The van der Waals surface area contributed by atoms with Gasteiger partial charge in [-0.2, -0.15) is 0 Å². The van der Waals surface area contributed by atoms with Gasteiger partial charge in [-0.15, -0.1) is 17.9 Å². The third-order valence-corrected chi connectivity index (χ3v) is 4.22. The third kappa shape index (κ3) is 2.16. The molecule has 1 aliphatic rings. The van der Waals surface area contributed by atoms with Crippen LogP contribution in [0.15, 0.2) is 24.1 Å². The molecule has 0 aromatic carbocycles. The molecule has 0 spiro atoms. The lowest BCUT2D eigenvalue weighted by Crippen LogP contribution is -2.34. The Hall–Kier alpha value is -0.600. The molecule has 1 aliphatic carbocycles. The van der Waals surface area contributed by atoms with Crippen molar-refractivity contribution in [2.45, 2.75) is 38.1 Å². The number of hydrogen-bond acceptors (Lipinski definition) is 2. The number of fused-ring (bicyclic) bond motifs is 1. The molecule has 0 aliphatic heterocycles. The zero-order valence-corrected chi connectivity index (χ0v) is 10.1. The minimum Gasteiger partial charge on any atom is -0.310 e. The van der Waals surface area contributed by atoms with Crippen LogP contribution in [0.2, 0.25) is 0 Å². The molecule has 82 valence electrons. The average Bonchev–Trinajstić information content (AvgIpc) is 2.73. The molecule has 0 saturated heterocycles. The summed E-state index contributed by atoms with van der Waals surface area (Å²) in [5, 5.41) is 5.75. The Labute approximate surface area is 96.2 Å². The highest BCUT2D eigenvalue weighted by molar-refractivity contribution is 7.10. The molecule has 1 aromatic heterocycles. The predicted molar refractivity (Wildman–Crippen MR) is 67.7 cm³/mol. The van der Waals surface area contributed by atoms with Crippen LogP contribution in [0.4, 0.5) is 0 Å². The topological polar surface area (TPSA) is 12.0 Å². The summed E-state index contributed by atoms with van der Waals surface area (Å²) in [6, 6.07) is 2.75. The monoisotopic (exact) mass is 221 g/mol. The Kier molecular flexibility index (Phi) is 3.60. The second kappa shape index (κ2) is 4.95. The Morgan fingerprint density at radius 2 is 2.60 bits per heavy atom. The summed E-state index contributed by atoms with van der Waals surface area (Å²) < 4.78 is 0. The van der Waals surface area contributed by atoms with E-state index in [0.29, 0.717) is 12.0 Å². The summed E-state index contributed by atoms with van der Waals surface area (Å²) in [5.74, 6) is 0.650. The molecule has 2 heteroatoms. The van der Waals surface area contributed by atoms with Crippen molar-refractivity contribution in [2.24, 2.45) is 0 Å². The van der Waals surface area contributed by atoms with Crippen LogP contribution in [0, 0.1) is 0 Å². The predicted octanol–water partition coefficient (Wildman–Crippen LogP) is 3.33. The quantitative estimate of drug-likeness (QED) is 0.769. The zero-order chi connectivity index (χ0) is 10.7. The number of hydrogen-bond donors (Lipinski definition) is 1. The highest BCUT2D eigenvalue weighted by Gasteiger charge is 2.26. The van der Waals surface area contributed by atoms with Crippen LogP contribution >= 0.6 is 11.3 Å². The van der Waals surface area contributed by atoms with E-state index in [1.165, 1.54) is 19.3 Å². The second-order valence-corrected chi connectivity index (χ2v) is 5.12. The molecule has 0 radical (unpaired) electrons. The lowest BCUT2D eigenvalue weighted by atomic mass is 9.82. The van der Waals surface area contributed by atoms with E-state index in [4.69, 9.17) is 0 Å².